The molecule has 2 aromatic carbocycles. The van der Waals surface area contributed by atoms with Crippen LogP contribution < -0.4 is 10.6 Å². The van der Waals surface area contributed by atoms with Gasteiger partial charge in [0, 0.05) is 24.7 Å². The number of hydrogen-bond donors (Lipinski definition) is 2. The summed E-state index contributed by atoms with van der Waals surface area (Å²) in [6, 6.07) is 13.9. The summed E-state index contributed by atoms with van der Waals surface area (Å²) in [5.74, 6) is -0.371. The molecule has 0 spiro atoms. The van der Waals surface area contributed by atoms with Crippen LogP contribution in [0.1, 0.15) is 12.5 Å². The smallest absolute Gasteiger partial charge is 0.221 e. The molecule has 0 radical (unpaired) electrons. The van der Waals surface area contributed by atoms with E-state index in [1.165, 1.54) is 30.4 Å². The summed E-state index contributed by atoms with van der Waals surface area (Å²) in [6.45, 7) is 2.02. The highest BCUT2D eigenvalue weighted by atomic mass is 32.1. The van der Waals surface area contributed by atoms with E-state index in [1.807, 2.05) is 24.3 Å². The number of nitrogens with zero attached hydrogens (tertiary/aromatic N) is 3. The van der Waals surface area contributed by atoms with Crippen molar-refractivity contribution in [1.82, 2.24) is 14.6 Å². The van der Waals surface area contributed by atoms with Gasteiger partial charge in [-0.2, -0.15) is 0 Å². The SMILES string of the molecule is CC(=O)Nc1cccc(-c2cnc3sc(NCc4ccc(F)cc4)nn23)c1. The molecule has 0 aliphatic rings. The predicted molar refractivity (Wildman–Crippen MR) is 104 cm³/mol. The minimum absolute atomic E-state index is 0.119. The average Bonchev–Trinajstić information content (AvgIpc) is 3.21. The summed E-state index contributed by atoms with van der Waals surface area (Å²) in [6.07, 6.45) is 1.76. The van der Waals surface area contributed by atoms with Gasteiger partial charge in [-0.15, -0.1) is 5.10 Å². The minimum atomic E-state index is -0.252. The molecule has 0 saturated heterocycles. The third-order valence-corrected chi connectivity index (χ3v) is 4.80. The zero-order valence-electron chi connectivity index (χ0n) is 14.4. The molecule has 0 bridgehead atoms. The van der Waals surface area contributed by atoms with Crippen molar-refractivity contribution in [2.75, 3.05) is 10.6 Å². The van der Waals surface area contributed by atoms with Crippen molar-refractivity contribution in [2.24, 2.45) is 0 Å². The summed E-state index contributed by atoms with van der Waals surface area (Å²) in [7, 11) is 0. The number of amides is 1. The molecule has 2 aromatic heterocycles. The van der Waals surface area contributed by atoms with Gasteiger partial charge in [0.25, 0.3) is 0 Å². The maximum Gasteiger partial charge on any atom is 0.221 e. The number of carbonyl (C=O) groups is 1. The molecule has 0 aliphatic carbocycles. The van der Waals surface area contributed by atoms with E-state index in [1.54, 1.807) is 22.8 Å². The summed E-state index contributed by atoms with van der Waals surface area (Å²) in [4.78, 5) is 16.4. The van der Waals surface area contributed by atoms with Crippen LogP contribution in [-0.2, 0) is 11.3 Å². The van der Waals surface area contributed by atoms with Crippen LogP contribution in [0.2, 0.25) is 0 Å². The molecule has 27 heavy (non-hydrogen) atoms. The highest BCUT2D eigenvalue weighted by Gasteiger charge is 2.12. The van der Waals surface area contributed by atoms with Crippen LogP contribution >= 0.6 is 11.3 Å². The Bertz CT molecular complexity index is 1100. The van der Waals surface area contributed by atoms with E-state index < -0.39 is 0 Å². The number of carbonyl (C=O) groups excluding carboxylic acids is 1. The molecule has 4 aromatic rings. The molecule has 136 valence electrons. The van der Waals surface area contributed by atoms with Crippen LogP contribution in [0.15, 0.2) is 54.7 Å². The number of halogens is 1. The van der Waals surface area contributed by atoms with Gasteiger partial charge in [0.05, 0.1) is 11.9 Å². The second-order valence-corrected chi connectivity index (χ2v) is 6.94. The van der Waals surface area contributed by atoms with Crippen molar-refractivity contribution in [2.45, 2.75) is 13.5 Å². The predicted octanol–water partition coefficient (Wildman–Crippen LogP) is 4.17. The zero-order valence-corrected chi connectivity index (χ0v) is 15.3. The van der Waals surface area contributed by atoms with Gasteiger partial charge in [0.1, 0.15) is 5.82 Å². The Morgan fingerprint density at radius 2 is 2.04 bits per heavy atom. The van der Waals surface area contributed by atoms with Crippen molar-refractivity contribution >= 4 is 33.0 Å². The van der Waals surface area contributed by atoms with Gasteiger partial charge in [0.15, 0.2) is 0 Å². The average molecular weight is 381 g/mol. The molecule has 0 aliphatic heterocycles. The Balaban J connectivity index is 1.57. The fraction of sp³-hybridized carbons (Fsp3) is 0.105. The number of rotatable bonds is 5. The van der Waals surface area contributed by atoms with Crippen molar-refractivity contribution in [3.63, 3.8) is 0 Å². The molecule has 0 saturated carbocycles. The number of nitrogens with one attached hydrogen (secondary N) is 2. The zero-order chi connectivity index (χ0) is 18.8. The van der Waals surface area contributed by atoms with Gasteiger partial charge >= 0.3 is 0 Å². The van der Waals surface area contributed by atoms with Crippen molar-refractivity contribution < 1.29 is 9.18 Å². The van der Waals surface area contributed by atoms with Crippen molar-refractivity contribution in [3.05, 3.63) is 66.1 Å². The summed E-state index contributed by atoms with van der Waals surface area (Å²) in [5.41, 5.74) is 3.43. The maximum atomic E-state index is 13.0. The second-order valence-electron chi connectivity index (χ2n) is 5.99. The van der Waals surface area contributed by atoms with E-state index in [2.05, 4.69) is 20.7 Å². The van der Waals surface area contributed by atoms with Gasteiger partial charge < -0.3 is 10.6 Å². The highest BCUT2D eigenvalue weighted by Crippen LogP contribution is 2.27. The van der Waals surface area contributed by atoms with Crippen LogP contribution in [0.5, 0.6) is 0 Å². The second kappa shape index (κ2) is 7.16. The van der Waals surface area contributed by atoms with E-state index in [0.29, 0.717) is 6.54 Å². The molecule has 8 heteroatoms. The van der Waals surface area contributed by atoms with E-state index in [-0.39, 0.29) is 11.7 Å². The summed E-state index contributed by atoms with van der Waals surface area (Å²) in [5, 5.41) is 11.3. The lowest BCUT2D eigenvalue weighted by Crippen LogP contribution is -2.05. The standard InChI is InChI=1S/C19H16FN5OS/c1-12(26)23-16-4-2-3-14(9-16)17-11-22-19-25(17)24-18(27-19)21-10-13-5-7-15(20)8-6-13/h2-9,11H,10H2,1H3,(H,21,24)(H,23,26). The first kappa shape index (κ1) is 17.2. The lowest BCUT2D eigenvalue weighted by molar-refractivity contribution is -0.114. The van der Waals surface area contributed by atoms with Gasteiger partial charge in [-0.3, -0.25) is 4.79 Å². The number of anilines is 2. The number of aromatic nitrogens is 3. The molecule has 0 fully saturated rings. The van der Waals surface area contributed by atoms with Crippen molar-refractivity contribution in [3.8, 4) is 11.3 Å². The monoisotopic (exact) mass is 381 g/mol. The first-order chi connectivity index (χ1) is 13.1. The van der Waals surface area contributed by atoms with E-state index in [0.717, 1.165) is 32.6 Å². The molecule has 0 atom stereocenters. The number of hydrogen-bond acceptors (Lipinski definition) is 5. The number of benzene rings is 2. The van der Waals surface area contributed by atoms with Crippen LogP contribution in [0.4, 0.5) is 15.2 Å². The molecule has 0 unspecified atom stereocenters. The molecular weight excluding hydrogens is 365 g/mol. The Kier molecular flexibility index (Phi) is 4.55. The third-order valence-electron chi connectivity index (χ3n) is 3.92. The maximum absolute atomic E-state index is 13.0. The Morgan fingerprint density at radius 1 is 1.22 bits per heavy atom. The van der Waals surface area contributed by atoms with E-state index in [4.69, 9.17) is 0 Å². The summed E-state index contributed by atoms with van der Waals surface area (Å²) >= 11 is 1.44. The molecule has 4 rings (SSSR count). The summed E-state index contributed by atoms with van der Waals surface area (Å²) < 4.78 is 14.8. The first-order valence-corrected chi connectivity index (χ1v) is 9.11. The largest absolute Gasteiger partial charge is 0.356 e. The normalized spacial score (nSPS) is 10.9. The lowest BCUT2D eigenvalue weighted by Gasteiger charge is -2.05. The van der Waals surface area contributed by atoms with Gasteiger partial charge in [-0.05, 0) is 29.8 Å². The van der Waals surface area contributed by atoms with E-state index in [9.17, 15) is 9.18 Å². The van der Waals surface area contributed by atoms with Crippen LogP contribution in [0, 0.1) is 5.82 Å². The fourth-order valence-corrected chi connectivity index (χ4v) is 3.47. The van der Waals surface area contributed by atoms with Gasteiger partial charge in [-0.1, -0.05) is 35.6 Å². The van der Waals surface area contributed by atoms with Gasteiger partial charge in [-0.25, -0.2) is 13.9 Å². The number of fused-ring (bicyclic) bond motifs is 1. The molecule has 2 heterocycles. The first-order valence-electron chi connectivity index (χ1n) is 8.29. The quantitative estimate of drug-likeness (QED) is 0.544. The van der Waals surface area contributed by atoms with Crippen molar-refractivity contribution in [1.29, 1.82) is 0 Å². The third kappa shape index (κ3) is 3.80. The topological polar surface area (TPSA) is 71.3 Å². The lowest BCUT2D eigenvalue weighted by atomic mass is 10.1. The molecular formula is C19H16FN5OS. The van der Waals surface area contributed by atoms with E-state index >= 15 is 0 Å². The van der Waals surface area contributed by atoms with Gasteiger partial charge in [0.2, 0.25) is 16.0 Å². The molecule has 1 amide bonds. The number of imidazole rings is 1. The fourth-order valence-electron chi connectivity index (χ4n) is 2.70. The highest BCUT2D eigenvalue weighted by molar-refractivity contribution is 7.20. The van der Waals surface area contributed by atoms with Crippen LogP contribution in [-0.4, -0.2) is 20.5 Å². The molecule has 6 nitrogen and oxygen atoms in total. The van der Waals surface area contributed by atoms with Crippen LogP contribution in [0.3, 0.4) is 0 Å². The Hall–Kier alpha value is -3.26. The minimum Gasteiger partial charge on any atom is -0.356 e. The molecule has 2 N–H and O–H groups in total. The Morgan fingerprint density at radius 3 is 2.81 bits per heavy atom. The Labute approximate surface area is 158 Å². The van der Waals surface area contributed by atoms with Crippen LogP contribution in [0.25, 0.3) is 16.2 Å².